The fourth-order valence-electron chi connectivity index (χ4n) is 7.22. The van der Waals surface area contributed by atoms with E-state index in [9.17, 15) is 14.4 Å². The van der Waals surface area contributed by atoms with Crippen LogP contribution in [0.1, 0.15) is 74.2 Å². The maximum absolute atomic E-state index is 14.5. The molecule has 1 aliphatic carbocycles. The largest absolute Gasteiger partial charge is 0.369 e. The Bertz CT molecular complexity index is 1020. The summed E-state index contributed by atoms with van der Waals surface area (Å²) >= 11 is 0. The van der Waals surface area contributed by atoms with Crippen molar-refractivity contribution in [3.8, 4) is 0 Å². The summed E-state index contributed by atoms with van der Waals surface area (Å²) in [7, 11) is 0. The number of rotatable bonds is 8. The Morgan fingerprint density at radius 1 is 1.11 bits per heavy atom. The summed E-state index contributed by atoms with van der Waals surface area (Å²) in [4.78, 5) is 46.5. The first-order chi connectivity index (χ1) is 17.9. The van der Waals surface area contributed by atoms with Crippen LogP contribution in [0.3, 0.4) is 0 Å². The Balaban J connectivity index is 1.51. The summed E-state index contributed by atoms with van der Waals surface area (Å²) in [6, 6.07) is 5.33. The Hall–Kier alpha value is -2.45. The first-order valence-electron chi connectivity index (χ1n) is 14.3. The molecule has 0 bridgehead atoms. The van der Waals surface area contributed by atoms with Gasteiger partial charge < -0.3 is 25.2 Å². The molecule has 5 rings (SSSR count). The van der Waals surface area contributed by atoms with Crippen molar-refractivity contribution in [2.75, 3.05) is 50.8 Å². The molecule has 0 spiro atoms. The Morgan fingerprint density at radius 3 is 2.49 bits per heavy atom. The van der Waals surface area contributed by atoms with Gasteiger partial charge >= 0.3 is 0 Å². The Morgan fingerprint density at radius 2 is 1.84 bits per heavy atom. The predicted molar refractivity (Wildman–Crippen MR) is 143 cm³/mol. The average Bonchev–Trinajstić information content (AvgIpc) is 3.64. The van der Waals surface area contributed by atoms with Crippen LogP contribution in [0.2, 0.25) is 0 Å². The van der Waals surface area contributed by atoms with Crippen molar-refractivity contribution < 1.29 is 19.1 Å². The summed E-state index contributed by atoms with van der Waals surface area (Å²) in [6.07, 6.45) is 5.74. The van der Waals surface area contributed by atoms with Crippen LogP contribution in [0.25, 0.3) is 0 Å². The molecule has 0 aromatic heterocycles. The van der Waals surface area contributed by atoms with Crippen molar-refractivity contribution in [1.82, 2.24) is 9.80 Å². The smallest absolute Gasteiger partial charge is 0.249 e. The average molecular weight is 511 g/mol. The highest BCUT2D eigenvalue weighted by atomic mass is 16.5. The van der Waals surface area contributed by atoms with Crippen molar-refractivity contribution in [1.29, 1.82) is 0 Å². The standard InChI is InChI=1S/C29H42N4O4/c1-3-7-20-17-33(26-24(34)18-37-27(20)26)29(36)25(19-8-5-6-9-19)23-16-21(10-11-22(23)28(30)35)32-14-12-31(4-2)13-15-32/h10-11,16,19-20,25-27H,3-9,12-15,17-18H2,1-2H3,(H2,30,35)/t20-,25-,26+,27+/m0/s1. The molecule has 8 heteroatoms. The number of likely N-dealkylation sites (N-methyl/N-ethyl adjacent to an activating group) is 1. The van der Waals surface area contributed by atoms with Gasteiger partial charge in [-0.05, 0) is 55.5 Å². The highest BCUT2D eigenvalue weighted by Crippen LogP contribution is 2.44. The number of nitrogens with two attached hydrogens (primary N) is 1. The van der Waals surface area contributed by atoms with E-state index >= 15 is 0 Å². The van der Waals surface area contributed by atoms with Crippen LogP contribution in [-0.2, 0) is 14.3 Å². The third-order valence-corrected chi connectivity index (χ3v) is 9.19. The van der Waals surface area contributed by atoms with E-state index < -0.39 is 17.9 Å². The summed E-state index contributed by atoms with van der Waals surface area (Å²) < 4.78 is 5.90. The third-order valence-electron chi connectivity index (χ3n) is 9.19. The number of hydrogen-bond acceptors (Lipinski definition) is 6. The van der Waals surface area contributed by atoms with Gasteiger partial charge in [-0.3, -0.25) is 14.4 Å². The monoisotopic (exact) mass is 510 g/mol. The fourth-order valence-corrected chi connectivity index (χ4v) is 7.22. The maximum atomic E-state index is 14.5. The van der Waals surface area contributed by atoms with Crippen LogP contribution in [0.15, 0.2) is 18.2 Å². The van der Waals surface area contributed by atoms with E-state index in [2.05, 4.69) is 23.6 Å². The number of carbonyl (C=O) groups excluding carboxylic acids is 3. The molecule has 1 aromatic carbocycles. The Kier molecular flexibility index (Phi) is 7.86. The molecule has 2 amide bonds. The van der Waals surface area contributed by atoms with Crippen LogP contribution in [0, 0.1) is 11.8 Å². The quantitative estimate of drug-likeness (QED) is 0.578. The fraction of sp³-hybridized carbons (Fsp3) is 0.690. The number of ketones is 1. The number of Topliss-reactive ketones (excluding diaryl/α,β-unsaturated/α-hetero) is 1. The molecule has 0 unspecified atom stereocenters. The molecule has 0 radical (unpaired) electrons. The van der Waals surface area contributed by atoms with Crippen molar-refractivity contribution >= 4 is 23.3 Å². The number of carbonyl (C=O) groups is 3. The highest BCUT2D eigenvalue weighted by molar-refractivity contribution is 5.99. The molecule has 2 N–H and O–H groups in total. The SMILES string of the molecule is CCC[C@H]1CN(C(=O)[C@H](c2cc(N3CCN(CC)CC3)ccc2C(N)=O)C2CCCC2)[C@@H]2C(=O)CO[C@H]12. The minimum Gasteiger partial charge on any atom is -0.369 e. The highest BCUT2D eigenvalue weighted by Gasteiger charge is 2.53. The van der Waals surface area contributed by atoms with Gasteiger partial charge in [0.2, 0.25) is 11.8 Å². The molecule has 3 saturated heterocycles. The first kappa shape index (κ1) is 26.2. The van der Waals surface area contributed by atoms with Gasteiger partial charge in [0.05, 0.1) is 12.0 Å². The zero-order chi connectivity index (χ0) is 26.1. The minimum atomic E-state index is -0.504. The van der Waals surface area contributed by atoms with Crippen LogP contribution in [0.5, 0.6) is 0 Å². The molecule has 202 valence electrons. The van der Waals surface area contributed by atoms with E-state index in [0.717, 1.165) is 82.5 Å². The van der Waals surface area contributed by atoms with E-state index in [1.165, 1.54) is 0 Å². The normalized spacial score (nSPS) is 27.6. The molecule has 1 saturated carbocycles. The lowest BCUT2D eigenvalue weighted by Crippen LogP contribution is -2.46. The number of likely N-dealkylation sites (tertiary alicyclic amines) is 1. The van der Waals surface area contributed by atoms with Gasteiger partial charge in [0.15, 0.2) is 5.78 Å². The number of anilines is 1. The van der Waals surface area contributed by atoms with Crippen molar-refractivity contribution in [3.05, 3.63) is 29.3 Å². The number of hydrogen-bond donors (Lipinski definition) is 1. The first-order valence-corrected chi connectivity index (χ1v) is 14.3. The second kappa shape index (κ2) is 11.1. The van der Waals surface area contributed by atoms with E-state index in [4.69, 9.17) is 10.5 Å². The maximum Gasteiger partial charge on any atom is 0.249 e. The number of primary amides is 1. The second-order valence-electron chi connectivity index (χ2n) is 11.3. The van der Waals surface area contributed by atoms with Crippen LogP contribution < -0.4 is 10.6 Å². The molecular formula is C29H42N4O4. The van der Waals surface area contributed by atoms with Gasteiger partial charge in [-0.25, -0.2) is 0 Å². The molecule has 4 fully saturated rings. The molecule has 4 atom stereocenters. The zero-order valence-corrected chi connectivity index (χ0v) is 22.4. The van der Waals surface area contributed by atoms with Crippen molar-refractivity contribution in [2.24, 2.45) is 17.6 Å². The molecule has 3 aliphatic heterocycles. The molecule has 37 heavy (non-hydrogen) atoms. The number of amides is 2. The van der Waals surface area contributed by atoms with E-state index in [1.807, 2.05) is 18.2 Å². The summed E-state index contributed by atoms with van der Waals surface area (Å²) in [6.45, 7) is 9.78. The van der Waals surface area contributed by atoms with Gasteiger partial charge in [0.1, 0.15) is 12.6 Å². The van der Waals surface area contributed by atoms with E-state index in [-0.39, 0.29) is 36.2 Å². The van der Waals surface area contributed by atoms with Crippen LogP contribution in [0.4, 0.5) is 5.69 Å². The number of nitrogens with zero attached hydrogens (tertiary/aromatic N) is 3. The zero-order valence-electron chi connectivity index (χ0n) is 22.4. The van der Waals surface area contributed by atoms with Gasteiger partial charge in [-0.2, -0.15) is 0 Å². The summed E-state index contributed by atoms with van der Waals surface area (Å²) in [5.74, 6) is -0.701. The minimum absolute atomic E-state index is 0.000189. The van der Waals surface area contributed by atoms with Gasteiger partial charge in [-0.1, -0.05) is 33.1 Å². The topological polar surface area (TPSA) is 96.2 Å². The number of ether oxygens (including phenoxy) is 1. The predicted octanol–water partition coefficient (Wildman–Crippen LogP) is 2.80. The Labute approximate surface area is 220 Å². The lowest BCUT2D eigenvalue weighted by molar-refractivity contribution is -0.138. The van der Waals surface area contributed by atoms with Crippen molar-refractivity contribution in [2.45, 2.75) is 70.4 Å². The molecule has 1 aromatic rings. The van der Waals surface area contributed by atoms with Gasteiger partial charge in [-0.15, -0.1) is 0 Å². The summed E-state index contributed by atoms with van der Waals surface area (Å²) in [5.41, 5.74) is 8.08. The third kappa shape index (κ3) is 5.02. The van der Waals surface area contributed by atoms with Gasteiger partial charge in [0, 0.05) is 49.9 Å². The molecular weight excluding hydrogens is 468 g/mol. The number of fused-ring (bicyclic) bond motifs is 1. The number of piperazine rings is 1. The van der Waals surface area contributed by atoms with E-state index in [0.29, 0.717) is 12.1 Å². The van der Waals surface area contributed by atoms with Crippen LogP contribution >= 0.6 is 0 Å². The lowest BCUT2D eigenvalue weighted by atomic mass is 9.80. The number of benzene rings is 1. The van der Waals surface area contributed by atoms with E-state index in [1.54, 1.807) is 4.90 Å². The van der Waals surface area contributed by atoms with Crippen molar-refractivity contribution in [3.63, 3.8) is 0 Å². The van der Waals surface area contributed by atoms with Gasteiger partial charge in [0.25, 0.3) is 0 Å². The summed E-state index contributed by atoms with van der Waals surface area (Å²) in [5, 5.41) is 0. The second-order valence-corrected chi connectivity index (χ2v) is 11.3. The molecule has 8 nitrogen and oxygen atoms in total. The van der Waals surface area contributed by atoms with Crippen LogP contribution in [-0.4, -0.2) is 85.4 Å². The molecule has 4 aliphatic rings. The lowest BCUT2D eigenvalue weighted by Gasteiger charge is -2.36. The molecule has 3 heterocycles.